The molecule has 17 heavy (non-hydrogen) atoms. The van der Waals surface area contributed by atoms with Gasteiger partial charge in [0.15, 0.2) is 0 Å². The number of nitrogens with zero attached hydrogens (tertiary/aromatic N) is 1. The molecule has 1 aliphatic carbocycles. The summed E-state index contributed by atoms with van der Waals surface area (Å²) in [4.78, 5) is 2.43. The first kappa shape index (κ1) is 12.3. The summed E-state index contributed by atoms with van der Waals surface area (Å²) in [6.45, 7) is 5.95. The average Bonchev–Trinajstić information content (AvgIpc) is 2.78. The van der Waals surface area contributed by atoms with Crippen molar-refractivity contribution in [3.05, 3.63) is 48.0 Å². The van der Waals surface area contributed by atoms with Gasteiger partial charge in [0.2, 0.25) is 0 Å². The maximum Gasteiger partial charge on any atom is 0.0443 e. The first-order valence-electron chi connectivity index (χ1n) is 6.40. The number of fused-ring (bicyclic) bond motifs is 1. The van der Waals surface area contributed by atoms with E-state index in [0.717, 1.165) is 19.5 Å². The molecule has 0 bridgehead atoms. The zero-order valence-corrected chi connectivity index (χ0v) is 10.3. The number of benzene rings is 1. The molecule has 2 rings (SSSR count). The first-order chi connectivity index (χ1) is 8.36. The van der Waals surface area contributed by atoms with Crippen LogP contribution in [0.4, 0.5) is 0 Å². The summed E-state index contributed by atoms with van der Waals surface area (Å²) in [5, 5.41) is 8.97. The molecule has 1 unspecified atom stereocenters. The van der Waals surface area contributed by atoms with Gasteiger partial charge in [-0.05, 0) is 30.4 Å². The van der Waals surface area contributed by atoms with Gasteiger partial charge >= 0.3 is 0 Å². The zero-order chi connectivity index (χ0) is 12.1. The number of hydrogen-bond donors (Lipinski definition) is 1. The van der Waals surface area contributed by atoms with E-state index in [-0.39, 0.29) is 6.61 Å². The minimum Gasteiger partial charge on any atom is -0.396 e. The number of rotatable bonds is 6. The van der Waals surface area contributed by atoms with Gasteiger partial charge in [-0.3, -0.25) is 4.90 Å². The fraction of sp³-hybridized carbons (Fsp3) is 0.467. The largest absolute Gasteiger partial charge is 0.396 e. The van der Waals surface area contributed by atoms with Gasteiger partial charge in [-0.1, -0.05) is 30.3 Å². The fourth-order valence-electron chi connectivity index (χ4n) is 2.73. The maximum atomic E-state index is 8.97. The molecule has 0 aliphatic heterocycles. The van der Waals surface area contributed by atoms with Crippen molar-refractivity contribution < 1.29 is 5.11 Å². The predicted molar refractivity (Wildman–Crippen MR) is 71.0 cm³/mol. The Bertz CT molecular complexity index is 375. The van der Waals surface area contributed by atoms with Crippen LogP contribution in [0.5, 0.6) is 0 Å². The Balaban J connectivity index is 2.12. The summed E-state index contributed by atoms with van der Waals surface area (Å²) in [5.41, 5.74) is 2.95. The molecule has 1 aromatic rings. The van der Waals surface area contributed by atoms with Gasteiger partial charge in [0.05, 0.1) is 0 Å². The molecule has 0 spiro atoms. The molecule has 1 atom stereocenters. The highest BCUT2D eigenvalue weighted by Gasteiger charge is 2.26. The Hall–Kier alpha value is -1.12. The van der Waals surface area contributed by atoms with E-state index in [4.69, 9.17) is 5.11 Å². The van der Waals surface area contributed by atoms with Crippen LogP contribution < -0.4 is 0 Å². The Kier molecular flexibility index (Phi) is 4.35. The molecule has 2 nitrogen and oxygen atoms in total. The fourth-order valence-corrected chi connectivity index (χ4v) is 2.73. The van der Waals surface area contributed by atoms with Crippen LogP contribution >= 0.6 is 0 Å². The quantitative estimate of drug-likeness (QED) is 0.761. The zero-order valence-electron chi connectivity index (χ0n) is 10.3. The first-order valence-corrected chi connectivity index (χ1v) is 6.40. The number of aliphatic hydroxyl groups excluding tert-OH is 1. The Morgan fingerprint density at radius 1 is 1.41 bits per heavy atom. The minimum absolute atomic E-state index is 0.266. The van der Waals surface area contributed by atoms with E-state index in [2.05, 4.69) is 35.7 Å². The second kappa shape index (κ2) is 5.99. The number of aliphatic hydroxyl groups is 1. The van der Waals surface area contributed by atoms with Crippen LogP contribution in [0.15, 0.2) is 36.9 Å². The summed E-state index contributed by atoms with van der Waals surface area (Å²) >= 11 is 0. The molecule has 0 saturated heterocycles. The third-order valence-corrected chi connectivity index (χ3v) is 3.51. The van der Waals surface area contributed by atoms with Gasteiger partial charge in [0, 0.05) is 25.7 Å². The van der Waals surface area contributed by atoms with E-state index < -0.39 is 0 Å². The van der Waals surface area contributed by atoms with Gasteiger partial charge < -0.3 is 5.11 Å². The van der Waals surface area contributed by atoms with Crippen molar-refractivity contribution in [1.82, 2.24) is 4.90 Å². The van der Waals surface area contributed by atoms with E-state index in [9.17, 15) is 0 Å². The highest BCUT2D eigenvalue weighted by Crippen LogP contribution is 2.35. The lowest BCUT2D eigenvalue weighted by Gasteiger charge is -2.28. The Morgan fingerprint density at radius 2 is 2.24 bits per heavy atom. The molecule has 92 valence electrons. The van der Waals surface area contributed by atoms with Gasteiger partial charge in [-0.2, -0.15) is 0 Å². The lowest BCUT2D eigenvalue weighted by Crippen LogP contribution is -2.29. The molecular weight excluding hydrogens is 210 g/mol. The molecule has 0 fully saturated rings. The van der Waals surface area contributed by atoms with Crippen LogP contribution in [-0.2, 0) is 6.42 Å². The molecule has 0 heterocycles. The Labute approximate surface area is 104 Å². The summed E-state index contributed by atoms with van der Waals surface area (Å²) in [6, 6.07) is 9.22. The van der Waals surface area contributed by atoms with Gasteiger partial charge in [0.1, 0.15) is 0 Å². The average molecular weight is 231 g/mol. The molecule has 0 amide bonds. The normalized spacial score (nSPS) is 18.4. The smallest absolute Gasteiger partial charge is 0.0443 e. The second-order valence-electron chi connectivity index (χ2n) is 4.61. The van der Waals surface area contributed by atoms with Crippen LogP contribution in [0.25, 0.3) is 0 Å². The van der Waals surface area contributed by atoms with Crippen molar-refractivity contribution in [2.75, 3.05) is 19.7 Å². The Morgan fingerprint density at radius 3 is 3.00 bits per heavy atom. The molecule has 0 saturated carbocycles. The van der Waals surface area contributed by atoms with Gasteiger partial charge in [-0.25, -0.2) is 0 Å². The van der Waals surface area contributed by atoms with Gasteiger partial charge in [-0.15, -0.1) is 6.58 Å². The molecule has 0 radical (unpaired) electrons. The van der Waals surface area contributed by atoms with Crippen molar-refractivity contribution in [2.45, 2.75) is 25.3 Å². The van der Waals surface area contributed by atoms with Crippen LogP contribution in [-0.4, -0.2) is 29.7 Å². The van der Waals surface area contributed by atoms with E-state index in [0.29, 0.717) is 6.04 Å². The highest BCUT2D eigenvalue weighted by atomic mass is 16.3. The lowest BCUT2D eigenvalue weighted by molar-refractivity contribution is 0.189. The van der Waals surface area contributed by atoms with Crippen LogP contribution in [0.2, 0.25) is 0 Å². The van der Waals surface area contributed by atoms with Gasteiger partial charge in [0.25, 0.3) is 0 Å². The summed E-state index contributed by atoms with van der Waals surface area (Å²) in [5.74, 6) is 0. The molecule has 1 aliphatic rings. The monoisotopic (exact) mass is 231 g/mol. The van der Waals surface area contributed by atoms with Crippen molar-refractivity contribution in [3.63, 3.8) is 0 Å². The van der Waals surface area contributed by atoms with Crippen molar-refractivity contribution in [1.29, 1.82) is 0 Å². The molecule has 0 aromatic heterocycles. The number of aryl methyl sites for hydroxylation is 1. The standard InChI is InChI=1S/C15H21NO/c1-2-10-16(11-5-12-17)15-9-8-13-6-3-4-7-14(13)15/h2-4,6-7,15,17H,1,5,8-12H2. The predicted octanol–water partition coefficient (Wildman–Crippen LogP) is 2.54. The maximum absolute atomic E-state index is 8.97. The van der Waals surface area contributed by atoms with Crippen molar-refractivity contribution in [2.24, 2.45) is 0 Å². The van der Waals surface area contributed by atoms with Crippen LogP contribution in [0.3, 0.4) is 0 Å². The van der Waals surface area contributed by atoms with Crippen LogP contribution in [0.1, 0.15) is 30.0 Å². The topological polar surface area (TPSA) is 23.5 Å². The molecular formula is C15H21NO. The summed E-state index contributed by atoms with van der Waals surface area (Å²) < 4.78 is 0. The molecule has 1 N–H and O–H groups in total. The van der Waals surface area contributed by atoms with E-state index in [1.54, 1.807) is 0 Å². The third kappa shape index (κ3) is 2.76. The summed E-state index contributed by atoms with van der Waals surface area (Å²) in [7, 11) is 0. The highest BCUT2D eigenvalue weighted by molar-refractivity contribution is 5.34. The van der Waals surface area contributed by atoms with E-state index in [1.807, 2.05) is 6.08 Å². The summed E-state index contributed by atoms with van der Waals surface area (Å²) in [6.07, 6.45) is 5.16. The molecule has 2 heteroatoms. The van der Waals surface area contributed by atoms with Crippen LogP contribution in [0, 0.1) is 0 Å². The molecule has 1 aromatic carbocycles. The van der Waals surface area contributed by atoms with Crippen molar-refractivity contribution in [3.8, 4) is 0 Å². The minimum atomic E-state index is 0.266. The van der Waals surface area contributed by atoms with Crippen molar-refractivity contribution >= 4 is 0 Å². The van der Waals surface area contributed by atoms with E-state index >= 15 is 0 Å². The third-order valence-electron chi connectivity index (χ3n) is 3.51. The number of hydrogen-bond acceptors (Lipinski definition) is 2. The SMILES string of the molecule is C=CCN(CCCO)C1CCc2ccccc21. The van der Waals surface area contributed by atoms with E-state index in [1.165, 1.54) is 24.0 Å². The lowest BCUT2D eigenvalue weighted by atomic mass is 10.1. The second-order valence-corrected chi connectivity index (χ2v) is 4.61.